The van der Waals surface area contributed by atoms with Crippen LogP contribution in [0.4, 0.5) is 5.69 Å². The van der Waals surface area contributed by atoms with Gasteiger partial charge in [-0.2, -0.15) is 4.74 Å². The Morgan fingerprint density at radius 3 is 2.35 bits per heavy atom. The largest absolute Gasteiger partial charge is 0.620 e. The Morgan fingerprint density at radius 1 is 1.35 bits per heavy atom. The van der Waals surface area contributed by atoms with Crippen LogP contribution in [0.2, 0.25) is 0 Å². The van der Waals surface area contributed by atoms with E-state index >= 15 is 0 Å². The van der Waals surface area contributed by atoms with Gasteiger partial charge < -0.3 is 9.94 Å². The van der Waals surface area contributed by atoms with Gasteiger partial charge in [-0.15, -0.1) is 0 Å². The van der Waals surface area contributed by atoms with Crippen molar-refractivity contribution in [2.75, 3.05) is 0 Å². The van der Waals surface area contributed by atoms with Gasteiger partial charge in [-0.05, 0) is 12.1 Å². The predicted molar refractivity (Wildman–Crippen MR) is 56.2 cm³/mol. The van der Waals surface area contributed by atoms with E-state index in [4.69, 9.17) is 4.74 Å². The molecule has 2 rings (SSSR count). The van der Waals surface area contributed by atoms with Gasteiger partial charge in [0.15, 0.2) is 0 Å². The standard InChI is InChI=1S/C10H8N2O5/c1-10(11(14)6-9(13)17-10)7-2-4-8(5-3-7)12(15)16/h2-6H,1H3. The first-order valence-electron chi connectivity index (χ1n) is 4.73. The molecule has 1 aliphatic heterocycles. The zero-order valence-electron chi connectivity index (χ0n) is 8.82. The second kappa shape index (κ2) is 3.55. The zero-order chi connectivity index (χ0) is 12.6. The number of nitro groups is 1. The smallest absolute Gasteiger partial charge is 0.402 e. The fourth-order valence-corrected chi connectivity index (χ4v) is 1.56. The van der Waals surface area contributed by atoms with E-state index in [-0.39, 0.29) is 5.69 Å². The van der Waals surface area contributed by atoms with E-state index in [1.807, 2.05) is 0 Å². The summed E-state index contributed by atoms with van der Waals surface area (Å²) in [5, 5.41) is 22.0. The number of hydroxylamine groups is 1. The molecule has 1 aromatic rings. The first-order chi connectivity index (χ1) is 7.93. The van der Waals surface area contributed by atoms with Crippen molar-refractivity contribution in [3.63, 3.8) is 0 Å². The highest BCUT2D eigenvalue weighted by atomic mass is 16.6. The van der Waals surface area contributed by atoms with Crippen LogP contribution in [0.3, 0.4) is 0 Å². The van der Waals surface area contributed by atoms with Crippen molar-refractivity contribution in [3.05, 3.63) is 45.2 Å². The molecule has 17 heavy (non-hydrogen) atoms. The Balaban J connectivity index is 2.38. The number of rotatable bonds is 2. The van der Waals surface area contributed by atoms with Crippen molar-refractivity contribution in [1.82, 2.24) is 0 Å². The third-order valence-electron chi connectivity index (χ3n) is 2.56. The van der Waals surface area contributed by atoms with Crippen LogP contribution in [0.5, 0.6) is 0 Å². The van der Waals surface area contributed by atoms with Gasteiger partial charge in [0.25, 0.3) is 11.9 Å². The monoisotopic (exact) mass is 236 g/mol. The summed E-state index contributed by atoms with van der Waals surface area (Å²) < 4.78 is 5.28. The van der Waals surface area contributed by atoms with Crippen LogP contribution in [-0.4, -0.2) is 21.8 Å². The Kier molecular flexibility index (Phi) is 2.31. The summed E-state index contributed by atoms with van der Waals surface area (Å²) >= 11 is 0. The van der Waals surface area contributed by atoms with Crippen LogP contribution < -0.4 is 0 Å². The van der Waals surface area contributed by atoms with Crippen molar-refractivity contribution in [1.29, 1.82) is 0 Å². The molecule has 1 unspecified atom stereocenters. The number of carbonyl (C=O) groups is 1. The minimum Gasteiger partial charge on any atom is -0.620 e. The fourth-order valence-electron chi connectivity index (χ4n) is 1.56. The van der Waals surface area contributed by atoms with E-state index in [0.29, 0.717) is 10.3 Å². The first kappa shape index (κ1) is 11.1. The van der Waals surface area contributed by atoms with Crippen LogP contribution in [0.1, 0.15) is 12.5 Å². The molecule has 88 valence electrons. The number of benzene rings is 1. The van der Waals surface area contributed by atoms with Gasteiger partial charge in [0.2, 0.25) is 0 Å². The quantitative estimate of drug-likeness (QED) is 0.250. The number of esters is 1. The van der Waals surface area contributed by atoms with Gasteiger partial charge in [0.1, 0.15) is 0 Å². The van der Waals surface area contributed by atoms with Gasteiger partial charge in [-0.25, -0.2) is 4.79 Å². The molecule has 0 spiro atoms. The molecule has 7 heteroatoms. The lowest BCUT2D eigenvalue weighted by Gasteiger charge is -2.21. The second-order valence-electron chi connectivity index (χ2n) is 3.66. The molecule has 1 aliphatic rings. The van der Waals surface area contributed by atoms with Crippen molar-refractivity contribution < 1.29 is 19.2 Å². The molecule has 0 bridgehead atoms. The number of cyclic esters (lactones) is 1. The predicted octanol–water partition coefficient (Wildman–Crippen LogP) is 0.905. The SMILES string of the molecule is CC1(c2ccc([N+](=O)[O-])cc2)OC(=O)C=[N+]1[O-]. The molecule has 0 aliphatic carbocycles. The van der Waals surface area contributed by atoms with E-state index in [9.17, 15) is 20.1 Å². The molecule has 0 aromatic heterocycles. The molecular formula is C10H8N2O5. The number of hydrogen-bond donors (Lipinski definition) is 0. The number of non-ortho nitro benzene ring substituents is 1. The van der Waals surface area contributed by atoms with Crippen molar-refractivity contribution in [3.8, 4) is 0 Å². The molecule has 0 N–H and O–H groups in total. The Bertz CT molecular complexity index is 522. The summed E-state index contributed by atoms with van der Waals surface area (Å²) in [5.41, 5.74) is -1.17. The number of carbonyl (C=O) groups excluding carboxylic acids is 1. The van der Waals surface area contributed by atoms with E-state index in [1.165, 1.54) is 31.2 Å². The summed E-state index contributed by atoms with van der Waals surface area (Å²) in [5.74, 6) is -0.735. The van der Waals surface area contributed by atoms with Crippen LogP contribution >= 0.6 is 0 Å². The molecule has 1 aromatic carbocycles. The van der Waals surface area contributed by atoms with Crippen LogP contribution in [0.15, 0.2) is 24.3 Å². The number of ether oxygens (including phenoxy) is 1. The van der Waals surface area contributed by atoms with E-state index < -0.39 is 16.6 Å². The van der Waals surface area contributed by atoms with Crippen LogP contribution in [0.25, 0.3) is 0 Å². The molecule has 1 atom stereocenters. The first-order valence-corrected chi connectivity index (χ1v) is 4.73. The Hall–Kier alpha value is -2.44. The molecular weight excluding hydrogens is 228 g/mol. The fraction of sp³-hybridized carbons (Fsp3) is 0.200. The minimum absolute atomic E-state index is 0.0943. The van der Waals surface area contributed by atoms with Gasteiger partial charge in [-0.1, -0.05) is 0 Å². The molecule has 0 fully saturated rings. The molecule has 0 amide bonds. The Morgan fingerprint density at radius 2 is 1.94 bits per heavy atom. The van der Waals surface area contributed by atoms with E-state index in [2.05, 4.69) is 0 Å². The Labute approximate surface area is 95.7 Å². The topological polar surface area (TPSA) is 95.5 Å². The maximum Gasteiger partial charge on any atom is 0.402 e. The average Bonchev–Trinajstić information content (AvgIpc) is 2.54. The molecule has 0 saturated carbocycles. The number of hydrogen-bond acceptors (Lipinski definition) is 5. The van der Waals surface area contributed by atoms with E-state index in [1.54, 1.807) is 0 Å². The molecule has 0 radical (unpaired) electrons. The number of nitrogens with zero attached hydrogens (tertiary/aromatic N) is 2. The third-order valence-corrected chi connectivity index (χ3v) is 2.56. The van der Waals surface area contributed by atoms with Crippen molar-refractivity contribution in [2.45, 2.75) is 12.6 Å². The van der Waals surface area contributed by atoms with Gasteiger partial charge in [-0.3, -0.25) is 10.1 Å². The van der Waals surface area contributed by atoms with Gasteiger partial charge in [0, 0.05) is 19.1 Å². The second-order valence-corrected chi connectivity index (χ2v) is 3.66. The highest BCUT2D eigenvalue weighted by Gasteiger charge is 2.45. The van der Waals surface area contributed by atoms with Crippen LogP contribution in [-0.2, 0) is 15.3 Å². The van der Waals surface area contributed by atoms with E-state index in [0.717, 1.165) is 6.21 Å². The maximum absolute atomic E-state index is 11.5. The summed E-state index contributed by atoms with van der Waals surface area (Å²) in [6, 6.07) is 5.27. The maximum atomic E-state index is 11.5. The summed E-state index contributed by atoms with van der Waals surface area (Å²) in [6.45, 7) is 1.42. The molecule has 7 nitrogen and oxygen atoms in total. The lowest BCUT2D eigenvalue weighted by atomic mass is 10.1. The summed E-state index contributed by atoms with van der Waals surface area (Å²) in [4.78, 5) is 20.9. The summed E-state index contributed by atoms with van der Waals surface area (Å²) in [7, 11) is 0. The third kappa shape index (κ3) is 1.71. The van der Waals surface area contributed by atoms with Crippen molar-refractivity contribution in [2.24, 2.45) is 0 Å². The van der Waals surface area contributed by atoms with Crippen molar-refractivity contribution >= 4 is 17.9 Å². The summed E-state index contributed by atoms with van der Waals surface area (Å²) in [6.07, 6.45) is 0.793. The molecule has 0 saturated heterocycles. The number of nitro benzene ring substituents is 1. The minimum atomic E-state index is -1.45. The average molecular weight is 236 g/mol. The highest BCUT2D eigenvalue weighted by Crippen LogP contribution is 2.30. The highest BCUT2D eigenvalue weighted by molar-refractivity contribution is 6.22. The van der Waals surface area contributed by atoms with Gasteiger partial charge in [0.05, 0.1) is 10.5 Å². The van der Waals surface area contributed by atoms with Crippen LogP contribution in [0, 0.1) is 15.3 Å². The lowest BCUT2D eigenvalue weighted by Crippen LogP contribution is -2.31. The van der Waals surface area contributed by atoms with Gasteiger partial charge >= 0.3 is 11.7 Å². The zero-order valence-corrected chi connectivity index (χ0v) is 8.82. The normalized spacial score (nSPS) is 23.1. The molecule has 1 heterocycles. The lowest BCUT2D eigenvalue weighted by molar-refractivity contribution is -0.592.